The van der Waals surface area contributed by atoms with E-state index < -0.39 is 0 Å². The molecule has 1 saturated carbocycles. The van der Waals surface area contributed by atoms with Crippen LogP contribution in [0.25, 0.3) is 0 Å². The van der Waals surface area contributed by atoms with E-state index in [4.69, 9.17) is 17.0 Å². The van der Waals surface area contributed by atoms with E-state index in [1.54, 1.807) is 0 Å². The van der Waals surface area contributed by atoms with Gasteiger partial charge in [-0.3, -0.25) is 0 Å². The quantitative estimate of drug-likeness (QED) is 0.538. The average Bonchev–Trinajstić information content (AvgIpc) is 3.08. The van der Waals surface area contributed by atoms with E-state index in [2.05, 4.69) is 17.6 Å². The third-order valence-electron chi connectivity index (χ3n) is 2.64. The largest absolute Gasteiger partial charge is 0.464 e. The summed E-state index contributed by atoms with van der Waals surface area (Å²) >= 11 is 5.17. The lowest BCUT2D eigenvalue weighted by molar-refractivity contribution is -0.145. The maximum Gasteiger partial charge on any atom is 0.328 e. The summed E-state index contributed by atoms with van der Waals surface area (Å²) in [5, 5.41) is 6.79. The summed E-state index contributed by atoms with van der Waals surface area (Å²) in [6.07, 6.45) is 5.15. The van der Waals surface area contributed by atoms with Gasteiger partial charge in [-0.15, -0.1) is 0 Å². The van der Waals surface area contributed by atoms with Crippen LogP contribution in [0.4, 0.5) is 0 Å². The molecule has 0 heterocycles. The first-order chi connectivity index (χ1) is 8.17. The van der Waals surface area contributed by atoms with Crippen LogP contribution in [0.5, 0.6) is 0 Å². The van der Waals surface area contributed by atoms with E-state index in [1.165, 1.54) is 12.8 Å². The summed E-state index contributed by atoms with van der Waals surface area (Å²) < 4.78 is 5.03. The van der Waals surface area contributed by atoms with Crippen molar-refractivity contribution in [2.75, 3.05) is 6.61 Å². The molecule has 0 aliphatic heterocycles. The van der Waals surface area contributed by atoms with E-state index in [-0.39, 0.29) is 12.0 Å². The first-order valence-corrected chi connectivity index (χ1v) is 6.81. The van der Waals surface area contributed by atoms with Crippen LogP contribution in [-0.4, -0.2) is 29.8 Å². The van der Waals surface area contributed by atoms with Crippen molar-refractivity contribution in [2.24, 2.45) is 0 Å². The molecule has 4 nitrogen and oxygen atoms in total. The second-order valence-electron chi connectivity index (χ2n) is 4.34. The molecule has 0 bridgehead atoms. The number of thiocarbonyl (C=S) groups is 1. The topological polar surface area (TPSA) is 50.4 Å². The molecule has 1 fully saturated rings. The van der Waals surface area contributed by atoms with Crippen LogP contribution in [0.15, 0.2) is 0 Å². The molecule has 1 unspecified atom stereocenters. The monoisotopic (exact) mass is 258 g/mol. The van der Waals surface area contributed by atoms with Crippen LogP contribution in [0.1, 0.15) is 46.0 Å². The Hall–Kier alpha value is -0.840. The van der Waals surface area contributed by atoms with Gasteiger partial charge in [0.05, 0.1) is 6.61 Å². The van der Waals surface area contributed by atoms with E-state index >= 15 is 0 Å². The number of hydrogen-bond donors (Lipinski definition) is 2. The molecule has 5 heteroatoms. The van der Waals surface area contributed by atoms with Gasteiger partial charge in [0.25, 0.3) is 0 Å². The molecule has 98 valence electrons. The Morgan fingerprint density at radius 2 is 2.18 bits per heavy atom. The zero-order valence-corrected chi connectivity index (χ0v) is 11.4. The van der Waals surface area contributed by atoms with Gasteiger partial charge in [0.1, 0.15) is 6.04 Å². The number of nitrogens with one attached hydrogen (secondary N) is 2. The molecular formula is C12H22N2O2S. The van der Waals surface area contributed by atoms with Gasteiger partial charge in [-0.2, -0.15) is 0 Å². The third-order valence-corrected chi connectivity index (χ3v) is 2.87. The van der Waals surface area contributed by atoms with Crippen LogP contribution in [0.3, 0.4) is 0 Å². The minimum atomic E-state index is -0.311. The predicted molar refractivity (Wildman–Crippen MR) is 71.8 cm³/mol. The number of hydrogen-bond acceptors (Lipinski definition) is 3. The Labute approximate surface area is 108 Å². The fraction of sp³-hybridized carbons (Fsp3) is 0.833. The summed E-state index contributed by atoms with van der Waals surface area (Å²) in [5.41, 5.74) is 0. The first-order valence-electron chi connectivity index (χ1n) is 6.41. The van der Waals surface area contributed by atoms with Crippen LogP contribution >= 0.6 is 12.2 Å². The zero-order valence-electron chi connectivity index (χ0n) is 10.6. The lowest BCUT2D eigenvalue weighted by Gasteiger charge is -2.19. The van der Waals surface area contributed by atoms with E-state index in [0.717, 1.165) is 19.3 Å². The van der Waals surface area contributed by atoms with E-state index in [0.29, 0.717) is 17.8 Å². The number of unbranched alkanes of at least 4 members (excludes halogenated alkanes) is 1. The standard InChI is InChI=1S/C12H22N2O2S/c1-3-5-6-10(11(15)16-4-2)14-12(17)13-9-7-8-9/h9-10H,3-8H2,1-2H3,(H2,13,14,17). The molecule has 1 aliphatic rings. The lowest BCUT2D eigenvalue weighted by Crippen LogP contribution is -2.47. The highest BCUT2D eigenvalue weighted by Gasteiger charge is 2.24. The highest BCUT2D eigenvalue weighted by molar-refractivity contribution is 7.80. The lowest BCUT2D eigenvalue weighted by atomic mass is 10.1. The van der Waals surface area contributed by atoms with Gasteiger partial charge in [-0.05, 0) is 38.4 Å². The van der Waals surface area contributed by atoms with Crippen molar-refractivity contribution in [2.45, 2.75) is 58.0 Å². The molecule has 17 heavy (non-hydrogen) atoms. The van der Waals surface area contributed by atoms with Gasteiger partial charge in [0.15, 0.2) is 5.11 Å². The molecule has 0 spiro atoms. The SMILES string of the molecule is CCCCC(NC(=S)NC1CC1)C(=O)OCC. The minimum absolute atomic E-state index is 0.208. The molecule has 0 aromatic heterocycles. The molecule has 0 saturated heterocycles. The highest BCUT2D eigenvalue weighted by atomic mass is 32.1. The maximum atomic E-state index is 11.7. The van der Waals surface area contributed by atoms with Crippen molar-refractivity contribution in [3.8, 4) is 0 Å². The molecule has 2 N–H and O–H groups in total. The number of rotatable bonds is 7. The van der Waals surface area contributed by atoms with Gasteiger partial charge in [0, 0.05) is 6.04 Å². The van der Waals surface area contributed by atoms with Crippen molar-refractivity contribution in [3.05, 3.63) is 0 Å². The number of carbonyl (C=O) groups is 1. The van der Waals surface area contributed by atoms with Crippen molar-refractivity contribution in [1.29, 1.82) is 0 Å². The molecule has 0 amide bonds. The normalized spacial score (nSPS) is 16.1. The maximum absolute atomic E-state index is 11.7. The minimum Gasteiger partial charge on any atom is -0.464 e. The van der Waals surface area contributed by atoms with Crippen molar-refractivity contribution in [3.63, 3.8) is 0 Å². The predicted octanol–water partition coefficient (Wildman–Crippen LogP) is 1.73. The average molecular weight is 258 g/mol. The summed E-state index contributed by atoms with van der Waals surface area (Å²) in [6, 6.07) is 0.192. The van der Waals surface area contributed by atoms with Crippen LogP contribution in [0, 0.1) is 0 Å². The third kappa shape index (κ3) is 5.86. The Morgan fingerprint density at radius 1 is 1.47 bits per heavy atom. The molecule has 1 aliphatic carbocycles. The summed E-state index contributed by atoms with van der Waals surface area (Å²) in [4.78, 5) is 11.7. The fourth-order valence-corrected chi connectivity index (χ4v) is 1.82. The number of ether oxygens (including phenoxy) is 1. The fourth-order valence-electron chi connectivity index (χ4n) is 1.51. The Bertz CT molecular complexity index is 267. The van der Waals surface area contributed by atoms with Gasteiger partial charge in [-0.1, -0.05) is 19.8 Å². The van der Waals surface area contributed by atoms with Gasteiger partial charge < -0.3 is 15.4 Å². The van der Waals surface area contributed by atoms with Crippen molar-refractivity contribution < 1.29 is 9.53 Å². The number of carbonyl (C=O) groups excluding carboxylic acids is 1. The van der Waals surface area contributed by atoms with Gasteiger partial charge >= 0.3 is 5.97 Å². The molecule has 1 atom stereocenters. The van der Waals surface area contributed by atoms with Crippen molar-refractivity contribution >= 4 is 23.3 Å². The Balaban J connectivity index is 2.36. The smallest absolute Gasteiger partial charge is 0.328 e. The summed E-state index contributed by atoms with van der Waals surface area (Å²) in [7, 11) is 0. The molecule has 0 aromatic rings. The van der Waals surface area contributed by atoms with E-state index in [9.17, 15) is 4.79 Å². The van der Waals surface area contributed by atoms with Crippen LogP contribution in [-0.2, 0) is 9.53 Å². The zero-order chi connectivity index (χ0) is 12.7. The number of esters is 1. The van der Waals surface area contributed by atoms with Gasteiger partial charge in [0.2, 0.25) is 0 Å². The van der Waals surface area contributed by atoms with Crippen LogP contribution in [0.2, 0.25) is 0 Å². The Kier molecular flexibility index (Phi) is 6.26. The highest BCUT2D eigenvalue weighted by Crippen LogP contribution is 2.18. The first kappa shape index (κ1) is 14.2. The molecule has 0 aromatic carbocycles. The van der Waals surface area contributed by atoms with Crippen LogP contribution < -0.4 is 10.6 Å². The van der Waals surface area contributed by atoms with E-state index in [1.807, 2.05) is 6.92 Å². The molecule has 0 radical (unpaired) electrons. The van der Waals surface area contributed by atoms with Gasteiger partial charge in [-0.25, -0.2) is 4.79 Å². The van der Waals surface area contributed by atoms with Crippen molar-refractivity contribution in [1.82, 2.24) is 10.6 Å². The summed E-state index contributed by atoms with van der Waals surface area (Å²) in [5.74, 6) is -0.208. The second kappa shape index (κ2) is 7.48. The second-order valence-corrected chi connectivity index (χ2v) is 4.75. The molecular weight excluding hydrogens is 236 g/mol. The molecule has 1 rings (SSSR count). The summed E-state index contributed by atoms with van der Waals surface area (Å²) in [6.45, 7) is 4.32. The Morgan fingerprint density at radius 3 is 2.71 bits per heavy atom.